The molecule has 0 aromatic carbocycles. The molecule has 0 aromatic rings. The van der Waals surface area contributed by atoms with Gasteiger partial charge >= 0.3 is 6.03 Å². The molecular formula is C13H27N3O. The van der Waals surface area contributed by atoms with E-state index in [9.17, 15) is 4.79 Å². The molecule has 4 nitrogen and oxygen atoms in total. The van der Waals surface area contributed by atoms with Crippen molar-refractivity contribution < 1.29 is 4.79 Å². The van der Waals surface area contributed by atoms with Gasteiger partial charge in [-0.1, -0.05) is 32.1 Å². The number of carbonyl (C=O) groups excluding carboxylic acids is 1. The predicted octanol–water partition coefficient (Wildman–Crippen LogP) is 2.14. The number of carbonyl (C=O) groups is 1. The molecule has 17 heavy (non-hydrogen) atoms. The Kier molecular flexibility index (Phi) is 7.80. The number of hydrogen-bond donors (Lipinski definition) is 3. The van der Waals surface area contributed by atoms with Gasteiger partial charge in [0.25, 0.3) is 0 Å². The topological polar surface area (TPSA) is 67.1 Å². The van der Waals surface area contributed by atoms with Gasteiger partial charge in [0.05, 0.1) is 0 Å². The molecule has 0 heterocycles. The fourth-order valence-electron chi connectivity index (χ4n) is 2.31. The Morgan fingerprint density at radius 2 is 1.76 bits per heavy atom. The second-order valence-corrected chi connectivity index (χ2v) is 4.94. The Hall–Kier alpha value is -0.770. The van der Waals surface area contributed by atoms with Gasteiger partial charge in [-0.25, -0.2) is 4.79 Å². The minimum atomic E-state index is 0.00993. The molecule has 100 valence electrons. The van der Waals surface area contributed by atoms with Crippen LogP contribution >= 0.6 is 0 Å². The number of nitrogens with one attached hydrogen (secondary N) is 2. The van der Waals surface area contributed by atoms with Crippen molar-refractivity contribution in [1.82, 2.24) is 10.6 Å². The monoisotopic (exact) mass is 241 g/mol. The average molecular weight is 241 g/mol. The number of amides is 2. The molecule has 0 aromatic heterocycles. The Bertz CT molecular complexity index is 203. The molecule has 0 aliphatic heterocycles. The van der Waals surface area contributed by atoms with Crippen molar-refractivity contribution in [2.24, 2.45) is 5.73 Å². The molecule has 1 aliphatic carbocycles. The van der Waals surface area contributed by atoms with Crippen LogP contribution in [0.3, 0.4) is 0 Å². The summed E-state index contributed by atoms with van der Waals surface area (Å²) in [6.45, 7) is 1.55. The molecule has 4 N–H and O–H groups in total. The van der Waals surface area contributed by atoms with Crippen molar-refractivity contribution in [3.8, 4) is 0 Å². The van der Waals surface area contributed by atoms with Gasteiger partial charge in [0, 0.05) is 12.6 Å². The maximum Gasteiger partial charge on any atom is 0.315 e. The van der Waals surface area contributed by atoms with E-state index in [1.165, 1.54) is 25.7 Å². The van der Waals surface area contributed by atoms with Gasteiger partial charge in [0.15, 0.2) is 0 Å². The fraction of sp³-hybridized carbons (Fsp3) is 0.923. The third-order valence-electron chi connectivity index (χ3n) is 3.36. The lowest BCUT2D eigenvalue weighted by Gasteiger charge is -2.22. The van der Waals surface area contributed by atoms with Crippen LogP contribution in [0.25, 0.3) is 0 Å². The number of urea groups is 1. The van der Waals surface area contributed by atoms with Crippen LogP contribution in [-0.2, 0) is 0 Å². The SMILES string of the molecule is NCCCCCCNC(=O)NC1CCCCC1. The lowest BCUT2D eigenvalue weighted by Crippen LogP contribution is -2.43. The minimum absolute atomic E-state index is 0.00993. The molecule has 1 saturated carbocycles. The summed E-state index contributed by atoms with van der Waals surface area (Å²) in [6, 6.07) is 0.414. The van der Waals surface area contributed by atoms with Crippen LogP contribution in [0, 0.1) is 0 Å². The van der Waals surface area contributed by atoms with E-state index in [0.717, 1.165) is 45.2 Å². The lowest BCUT2D eigenvalue weighted by atomic mass is 9.96. The van der Waals surface area contributed by atoms with E-state index in [1.54, 1.807) is 0 Å². The Morgan fingerprint density at radius 3 is 2.47 bits per heavy atom. The first-order chi connectivity index (χ1) is 8.33. The van der Waals surface area contributed by atoms with Crippen LogP contribution in [-0.4, -0.2) is 25.2 Å². The Morgan fingerprint density at radius 1 is 1.06 bits per heavy atom. The third-order valence-corrected chi connectivity index (χ3v) is 3.36. The zero-order chi connectivity index (χ0) is 12.3. The van der Waals surface area contributed by atoms with Gasteiger partial charge in [-0.15, -0.1) is 0 Å². The normalized spacial score (nSPS) is 16.8. The van der Waals surface area contributed by atoms with Gasteiger partial charge in [-0.3, -0.25) is 0 Å². The highest BCUT2D eigenvalue weighted by Crippen LogP contribution is 2.17. The first-order valence-electron chi connectivity index (χ1n) is 7.07. The first kappa shape index (κ1) is 14.3. The molecule has 0 saturated heterocycles. The lowest BCUT2D eigenvalue weighted by molar-refractivity contribution is 0.232. The fourth-order valence-corrected chi connectivity index (χ4v) is 2.31. The summed E-state index contributed by atoms with van der Waals surface area (Å²) in [4.78, 5) is 11.6. The molecule has 1 aliphatic rings. The van der Waals surface area contributed by atoms with Gasteiger partial charge in [0.1, 0.15) is 0 Å². The van der Waals surface area contributed by atoms with E-state index < -0.39 is 0 Å². The second kappa shape index (κ2) is 9.28. The summed E-state index contributed by atoms with van der Waals surface area (Å²) in [5, 5.41) is 5.98. The van der Waals surface area contributed by atoms with Crippen molar-refractivity contribution >= 4 is 6.03 Å². The van der Waals surface area contributed by atoms with Gasteiger partial charge in [-0.2, -0.15) is 0 Å². The van der Waals surface area contributed by atoms with Gasteiger partial charge < -0.3 is 16.4 Å². The zero-order valence-electron chi connectivity index (χ0n) is 10.8. The van der Waals surface area contributed by atoms with Crippen molar-refractivity contribution in [2.75, 3.05) is 13.1 Å². The second-order valence-electron chi connectivity index (χ2n) is 4.94. The summed E-state index contributed by atoms with van der Waals surface area (Å²) in [5.74, 6) is 0. The number of hydrogen-bond acceptors (Lipinski definition) is 2. The van der Waals surface area contributed by atoms with Crippen LogP contribution in [0.1, 0.15) is 57.8 Å². The summed E-state index contributed by atoms with van der Waals surface area (Å²) < 4.78 is 0. The van der Waals surface area contributed by atoms with Crippen molar-refractivity contribution in [3.63, 3.8) is 0 Å². The summed E-state index contributed by atoms with van der Waals surface area (Å²) in [5.41, 5.74) is 5.42. The highest BCUT2D eigenvalue weighted by Gasteiger charge is 2.14. The molecule has 0 spiro atoms. The van der Waals surface area contributed by atoms with Crippen molar-refractivity contribution in [1.29, 1.82) is 0 Å². The molecule has 4 heteroatoms. The van der Waals surface area contributed by atoms with E-state index >= 15 is 0 Å². The molecule has 0 bridgehead atoms. The highest BCUT2D eigenvalue weighted by atomic mass is 16.2. The Labute approximate surface area is 105 Å². The largest absolute Gasteiger partial charge is 0.338 e. The maximum absolute atomic E-state index is 11.6. The van der Waals surface area contributed by atoms with Gasteiger partial charge in [-0.05, 0) is 32.2 Å². The molecule has 0 radical (unpaired) electrons. The van der Waals surface area contributed by atoms with Crippen LogP contribution in [0.4, 0.5) is 4.79 Å². The van der Waals surface area contributed by atoms with E-state index in [4.69, 9.17) is 5.73 Å². The molecule has 2 amide bonds. The summed E-state index contributed by atoms with van der Waals surface area (Å²) in [6.07, 6.45) is 10.6. The Balaban J connectivity index is 1.93. The minimum Gasteiger partial charge on any atom is -0.338 e. The average Bonchev–Trinajstić information content (AvgIpc) is 2.35. The van der Waals surface area contributed by atoms with Crippen LogP contribution in [0.5, 0.6) is 0 Å². The highest BCUT2D eigenvalue weighted by molar-refractivity contribution is 5.74. The predicted molar refractivity (Wildman–Crippen MR) is 70.9 cm³/mol. The molecule has 0 unspecified atom stereocenters. The first-order valence-corrected chi connectivity index (χ1v) is 7.07. The smallest absolute Gasteiger partial charge is 0.315 e. The van der Waals surface area contributed by atoms with Crippen LogP contribution < -0.4 is 16.4 Å². The van der Waals surface area contributed by atoms with Crippen LogP contribution in [0.2, 0.25) is 0 Å². The maximum atomic E-state index is 11.6. The van der Waals surface area contributed by atoms with E-state index in [2.05, 4.69) is 10.6 Å². The summed E-state index contributed by atoms with van der Waals surface area (Å²) >= 11 is 0. The number of nitrogens with two attached hydrogens (primary N) is 1. The zero-order valence-corrected chi connectivity index (χ0v) is 10.8. The van der Waals surface area contributed by atoms with Crippen LogP contribution in [0.15, 0.2) is 0 Å². The summed E-state index contributed by atoms with van der Waals surface area (Å²) in [7, 11) is 0. The standard InChI is InChI=1S/C13H27N3O/c14-10-6-1-2-7-11-15-13(17)16-12-8-4-3-5-9-12/h12H,1-11,14H2,(H2,15,16,17). The number of rotatable bonds is 7. The molecule has 0 atom stereocenters. The quantitative estimate of drug-likeness (QED) is 0.598. The van der Waals surface area contributed by atoms with E-state index in [0.29, 0.717) is 6.04 Å². The van der Waals surface area contributed by atoms with E-state index in [-0.39, 0.29) is 6.03 Å². The third kappa shape index (κ3) is 7.21. The molecule has 1 fully saturated rings. The number of unbranched alkanes of at least 4 members (excludes halogenated alkanes) is 3. The van der Waals surface area contributed by atoms with Crippen molar-refractivity contribution in [2.45, 2.75) is 63.8 Å². The van der Waals surface area contributed by atoms with E-state index in [1.807, 2.05) is 0 Å². The molecular weight excluding hydrogens is 214 g/mol. The van der Waals surface area contributed by atoms with Gasteiger partial charge in [0.2, 0.25) is 0 Å². The molecule has 1 rings (SSSR count). The van der Waals surface area contributed by atoms with Crippen molar-refractivity contribution in [3.05, 3.63) is 0 Å².